The van der Waals surface area contributed by atoms with Crippen LogP contribution in [0.15, 0.2) is 18.2 Å². The number of rotatable bonds is 5. The molecule has 0 aliphatic heterocycles. The van der Waals surface area contributed by atoms with E-state index in [-0.39, 0.29) is 0 Å². The summed E-state index contributed by atoms with van der Waals surface area (Å²) in [6.07, 6.45) is 2.50. The van der Waals surface area contributed by atoms with E-state index in [2.05, 4.69) is 32.2 Å². The van der Waals surface area contributed by atoms with Crippen molar-refractivity contribution in [1.82, 2.24) is 0 Å². The van der Waals surface area contributed by atoms with E-state index in [0.29, 0.717) is 5.92 Å². The molecule has 0 aliphatic carbocycles. The first kappa shape index (κ1) is 12.4. The molecule has 1 atom stereocenters. The van der Waals surface area contributed by atoms with Gasteiger partial charge in [-0.2, -0.15) is 0 Å². The number of para-hydroxylation sites is 1. The van der Waals surface area contributed by atoms with Crippen LogP contribution in [0.2, 0.25) is 5.02 Å². The van der Waals surface area contributed by atoms with Gasteiger partial charge >= 0.3 is 0 Å². The van der Waals surface area contributed by atoms with Crippen LogP contribution in [0.4, 0.5) is 5.69 Å². The molecule has 0 spiro atoms. The van der Waals surface area contributed by atoms with Gasteiger partial charge in [-0.3, -0.25) is 0 Å². The highest BCUT2D eigenvalue weighted by Gasteiger charge is 2.05. The molecule has 0 fully saturated rings. The molecule has 0 amide bonds. The molecule has 1 aromatic carbocycles. The van der Waals surface area contributed by atoms with Crippen molar-refractivity contribution in [3.05, 3.63) is 28.8 Å². The van der Waals surface area contributed by atoms with Crippen LogP contribution in [-0.4, -0.2) is 6.54 Å². The van der Waals surface area contributed by atoms with E-state index in [9.17, 15) is 0 Å². The molecule has 1 nitrogen and oxygen atoms in total. The molecular formula is C13H20ClN. The Balaban J connectivity index is 2.57. The maximum atomic E-state index is 6.13. The highest BCUT2D eigenvalue weighted by Crippen LogP contribution is 2.25. The summed E-state index contributed by atoms with van der Waals surface area (Å²) in [5.41, 5.74) is 2.30. The van der Waals surface area contributed by atoms with Gasteiger partial charge in [-0.05, 0) is 30.9 Å². The average molecular weight is 226 g/mol. The Morgan fingerprint density at radius 3 is 2.73 bits per heavy atom. The second kappa shape index (κ2) is 6.02. The van der Waals surface area contributed by atoms with Gasteiger partial charge < -0.3 is 5.32 Å². The van der Waals surface area contributed by atoms with Gasteiger partial charge in [0.05, 0.1) is 10.7 Å². The fraction of sp³-hybridized carbons (Fsp3) is 0.538. The molecular weight excluding hydrogens is 206 g/mol. The third kappa shape index (κ3) is 3.75. The van der Waals surface area contributed by atoms with E-state index < -0.39 is 0 Å². The fourth-order valence-corrected chi connectivity index (χ4v) is 2.02. The average Bonchev–Trinajstić information content (AvgIpc) is 2.17. The van der Waals surface area contributed by atoms with Crippen molar-refractivity contribution in [2.24, 2.45) is 5.92 Å². The first-order valence-electron chi connectivity index (χ1n) is 5.64. The van der Waals surface area contributed by atoms with Gasteiger partial charge in [0.2, 0.25) is 0 Å². The normalized spacial score (nSPS) is 12.5. The Morgan fingerprint density at radius 1 is 1.40 bits per heavy atom. The monoisotopic (exact) mass is 225 g/mol. The first-order chi connectivity index (χ1) is 7.15. The van der Waals surface area contributed by atoms with E-state index in [1.54, 1.807) is 0 Å². The Kier molecular flexibility index (Phi) is 4.97. The van der Waals surface area contributed by atoms with Crippen LogP contribution in [0, 0.1) is 12.8 Å². The van der Waals surface area contributed by atoms with E-state index in [1.165, 1.54) is 18.4 Å². The molecule has 0 saturated carbocycles. The lowest BCUT2D eigenvalue weighted by atomic mass is 10.1. The topological polar surface area (TPSA) is 12.0 Å². The Labute approximate surface area is 97.8 Å². The van der Waals surface area contributed by atoms with Gasteiger partial charge in [-0.1, -0.05) is 44.0 Å². The number of benzene rings is 1. The third-order valence-electron chi connectivity index (χ3n) is 2.63. The molecule has 1 aromatic rings. The number of halogens is 1. The smallest absolute Gasteiger partial charge is 0.0640 e. The molecule has 0 aromatic heterocycles. The Morgan fingerprint density at radius 2 is 2.13 bits per heavy atom. The van der Waals surface area contributed by atoms with Crippen molar-refractivity contribution < 1.29 is 0 Å². The maximum absolute atomic E-state index is 6.13. The highest BCUT2D eigenvalue weighted by molar-refractivity contribution is 6.33. The molecule has 0 bridgehead atoms. The lowest BCUT2D eigenvalue weighted by molar-refractivity contribution is 0.550. The van der Waals surface area contributed by atoms with Gasteiger partial charge in [0.1, 0.15) is 0 Å². The predicted octanol–water partition coefficient (Wildman–Crippen LogP) is 4.50. The number of hydrogen-bond donors (Lipinski definition) is 1. The van der Waals surface area contributed by atoms with E-state index >= 15 is 0 Å². The molecule has 0 heterocycles. The fourth-order valence-electron chi connectivity index (χ4n) is 1.73. The molecule has 2 heteroatoms. The summed E-state index contributed by atoms with van der Waals surface area (Å²) in [6.45, 7) is 7.57. The Bertz CT molecular complexity index is 289. The van der Waals surface area contributed by atoms with Crippen LogP contribution in [0.25, 0.3) is 0 Å². The lowest BCUT2D eigenvalue weighted by Gasteiger charge is -2.15. The summed E-state index contributed by atoms with van der Waals surface area (Å²) in [5, 5.41) is 4.25. The maximum Gasteiger partial charge on any atom is 0.0640 e. The van der Waals surface area contributed by atoms with Crippen LogP contribution in [-0.2, 0) is 0 Å². The molecule has 15 heavy (non-hydrogen) atoms. The first-order valence-corrected chi connectivity index (χ1v) is 6.02. The third-order valence-corrected chi connectivity index (χ3v) is 2.95. The summed E-state index contributed by atoms with van der Waals surface area (Å²) >= 11 is 6.13. The molecule has 1 N–H and O–H groups in total. The molecule has 0 radical (unpaired) electrons. The lowest BCUT2D eigenvalue weighted by Crippen LogP contribution is -2.12. The molecule has 0 saturated heterocycles. The summed E-state index contributed by atoms with van der Waals surface area (Å²) < 4.78 is 0. The van der Waals surface area contributed by atoms with Crippen LogP contribution in [0.3, 0.4) is 0 Å². The standard InChI is InChI=1S/C13H20ClN/c1-4-6-10(2)9-15-13-11(3)7-5-8-12(13)14/h5,7-8,10,15H,4,6,9H2,1-3H3. The molecule has 84 valence electrons. The minimum atomic E-state index is 0.700. The summed E-state index contributed by atoms with van der Waals surface area (Å²) in [6, 6.07) is 6.00. The van der Waals surface area contributed by atoms with Gasteiger partial charge in [-0.15, -0.1) is 0 Å². The van der Waals surface area contributed by atoms with Crippen LogP contribution in [0.1, 0.15) is 32.3 Å². The minimum Gasteiger partial charge on any atom is -0.383 e. The number of aryl methyl sites for hydroxylation is 1. The zero-order valence-electron chi connectivity index (χ0n) is 9.81. The minimum absolute atomic E-state index is 0.700. The number of anilines is 1. The summed E-state index contributed by atoms with van der Waals surface area (Å²) in [5.74, 6) is 0.700. The SMILES string of the molecule is CCCC(C)CNc1c(C)cccc1Cl. The van der Waals surface area contributed by atoms with E-state index in [0.717, 1.165) is 17.3 Å². The molecule has 0 aliphatic rings. The van der Waals surface area contributed by atoms with E-state index in [1.807, 2.05) is 12.1 Å². The van der Waals surface area contributed by atoms with Gasteiger partial charge in [0, 0.05) is 6.54 Å². The largest absolute Gasteiger partial charge is 0.383 e. The zero-order valence-corrected chi connectivity index (χ0v) is 10.6. The van der Waals surface area contributed by atoms with Crippen molar-refractivity contribution in [1.29, 1.82) is 0 Å². The second-order valence-electron chi connectivity index (χ2n) is 4.21. The molecule has 1 unspecified atom stereocenters. The van der Waals surface area contributed by atoms with Crippen molar-refractivity contribution in [3.8, 4) is 0 Å². The quantitative estimate of drug-likeness (QED) is 0.778. The van der Waals surface area contributed by atoms with Gasteiger partial charge in [0.15, 0.2) is 0 Å². The summed E-state index contributed by atoms with van der Waals surface area (Å²) in [7, 11) is 0. The number of hydrogen-bond acceptors (Lipinski definition) is 1. The zero-order chi connectivity index (χ0) is 11.3. The van der Waals surface area contributed by atoms with Crippen molar-refractivity contribution in [3.63, 3.8) is 0 Å². The summed E-state index contributed by atoms with van der Waals surface area (Å²) in [4.78, 5) is 0. The van der Waals surface area contributed by atoms with Gasteiger partial charge in [-0.25, -0.2) is 0 Å². The van der Waals surface area contributed by atoms with Crippen molar-refractivity contribution in [2.75, 3.05) is 11.9 Å². The van der Waals surface area contributed by atoms with Crippen LogP contribution in [0.5, 0.6) is 0 Å². The van der Waals surface area contributed by atoms with Crippen molar-refractivity contribution in [2.45, 2.75) is 33.6 Å². The number of nitrogens with one attached hydrogen (secondary N) is 1. The van der Waals surface area contributed by atoms with Crippen LogP contribution >= 0.6 is 11.6 Å². The second-order valence-corrected chi connectivity index (χ2v) is 4.61. The van der Waals surface area contributed by atoms with Crippen molar-refractivity contribution >= 4 is 17.3 Å². The van der Waals surface area contributed by atoms with Gasteiger partial charge in [0.25, 0.3) is 0 Å². The van der Waals surface area contributed by atoms with Crippen LogP contribution < -0.4 is 5.32 Å². The Hall–Kier alpha value is -0.690. The highest BCUT2D eigenvalue weighted by atomic mass is 35.5. The van der Waals surface area contributed by atoms with E-state index in [4.69, 9.17) is 11.6 Å². The molecule has 1 rings (SSSR count). The predicted molar refractivity (Wildman–Crippen MR) is 68.8 cm³/mol.